The first-order valence-corrected chi connectivity index (χ1v) is 15.1. The summed E-state index contributed by atoms with van der Waals surface area (Å²) in [6.07, 6.45) is 1.90. The van der Waals surface area contributed by atoms with E-state index in [-0.39, 0.29) is 24.4 Å². The Morgan fingerprint density at radius 3 is 2.21 bits per heavy atom. The minimum Gasteiger partial charge on any atom is -0.354 e. The van der Waals surface area contributed by atoms with E-state index in [2.05, 4.69) is 27.9 Å². The summed E-state index contributed by atoms with van der Waals surface area (Å²) < 4.78 is 42.1. The fraction of sp³-hybridized carbons (Fsp3) is 0.286. The first-order chi connectivity index (χ1) is 18.1. The molecule has 2 amide bonds. The molecule has 7 nitrogen and oxygen atoms in total. The van der Waals surface area contributed by atoms with Gasteiger partial charge in [-0.3, -0.25) is 13.9 Å². The number of hydrogen-bond donors (Lipinski definition) is 1. The summed E-state index contributed by atoms with van der Waals surface area (Å²) >= 11 is 2.11. The van der Waals surface area contributed by atoms with Gasteiger partial charge in [-0.2, -0.15) is 0 Å². The number of carbonyl (C=O) groups is 2. The Labute approximate surface area is 237 Å². The van der Waals surface area contributed by atoms with Gasteiger partial charge in [0.05, 0.1) is 11.9 Å². The molecular formula is C28H31FIN3O4S. The monoisotopic (exact) mass is 651 g/mol. The lowest BCUT2D eigenvalue weighted by atomic mass is 10.0. The number of nitrogens with one attached hydrogen (secondary N) is 1. The van der Waals surface area contributed by atoms with Crippen molar-refractivity contribution in [2.45, 2.75) is 32.4 Å². The maximum absolute atomic E-state index is 14.7. The number of benzene rings is 3. The molecule has 0 aliphatic carbocycles. The lowest BCUT2D eigenvalue weighted by Gasteiger charge is -2.33. The molecule has 10 heteroatoms. The first-order valence-electron chi connectivity index (χ1n) is 12.2. The molecule has 3 rings (SSSR count). The molecule has 3 aromatic carbocycles. The highest BCUT2D eigenvalue weighted by molar-refractivity contribution is 14.1. The Balaban J connectivity index is 2.04. The van der Waals surface area contributed by atoms with Crippen molar-refractivity contribution >= 4 is 50.1 Å². The second-order valence-electron chi connectivity index (χ2n) is 8.86. The summed E-state index contributed by atoms with van der Waals surface area (Å²) in [6.45, 7) is 1.58. The van der Waals surface area contributed by atoms with Crippen molar-refractivity contribution in [3.05, 3.63) is 99.4 Å². The van der Waals surface area contributed by atoms with Crippen LogP contribution in [0, 0.1) is 9.39 Å². The van der Waals surface area contributed by atoms with Crippen LogP contribution in [0.25, 0.3) is 0 Å². The predicted molar refractivity (Wildman–Crippen MR) is 156 cm³/mol. The highest BCUT2D eigenvalue weighted by atomic mass is 127. The van der Waals surface area contributed by atoms with E-state index in [0.29, 0.717) is 18.7 Å². The normalized spacial score (nSPS) is 12.0. The smallest absolute Gasteiger partial charge is 0.244 e. The van der Waals surface area contributed by atoms with Crippen molar-refractivity contribution in [2.75, 3.05) is 23.7 Å². The van der Waals surface area contributed by atoms with Crippen molar-refractivity contribution < 1.29 is 22.4 Å². The van der Waals surface area contributed by atoms with Crippen molar-refractivity contribution in [2.24, 2.45) is 0 Å². The van der Waals surface area contributed by atoms with E-state index in [1.807, 2.05) is 37.3 Å². The number of hydrogen-bond acceptors (Lipinski definition) is 4. The third kappa shape index (κ3) is 8.26. The van der Waals surface area contributed by atoms with Crippen LogP contribution in [0.15, 0.2) is 78.9 Å². The molecule has 1 atom stereocenters. The molecule has 1 N–H and O–H groups in total. The van der Waals surface area contributed by atoms with Gasteiger partial charge < -0.3 is 10.2 Å². The van der Waals surface area contributed by atoms with Gasteiger partial charge in [0, 0.05) is 28.6 Å². The molecule has 0 fully saturated rings. The van der Waals surface area contributed by atoms with E-state index in [1.54, 1.807) is 42.5 Å². The van der Waals surface area contributed by atoms with Crippen molar-refractivity contribution in [1.29, 1.82) is 0 Å². The van der Waals surface area contributed by atoms with E-state index in [0.717, 1.165) is 19.7 Å². The van der Waals surface area contributed by atoms with Crippen molar-refractivity contribution in [3.63, 3.8) is 0 Å². The summed E-state index contributed by atoms with van der Waals surface area (Å²) in [6, 6.07) is 21.0. The average molecular weight is 652 g/mol. The number of halogens is 2. The summed E-state index contributed by atoms with van der Waals surface area (Å²) in [5.74, 6) is -1.53. The number of sulfonamides is 1. The molecule has 0 aliphatic rings. The topological polar surface area (TPSA) is 86.8 Å². The molecule has 0 aliphatic heterocycles. The molecule has 0 saturated carbocycles. The van der Waals surface area contributed by atoms with E-state index >= 15 is 0 Å². The summed E-state index contributed by atoms with van der Waals surface area (Å²) in [5, 5.41) is 2.85. The minimum atomic E-state index is -3.85. The highest BCUT2D eigenvalue weighted by Crippen LogP contribution is 2.22. The van der Waals surface area contributed by atoms with Crippen LogP contribution >= 0.6 is 22.6 Å². The van der Waals surface area contributed by atoms with Gasteiger partial charge in [-0.1, -0.05) is 55.5 Å². The van der Waals surface area contributed by atoms with Gasteiger partial charge in [-0.25, -0.2) is 12.8 Å². The molecular weight excluding hydrogens is 620 g/mol. The standard InChI is InChI=1S/C28H31FIN3O4S/c1-3-17-31-28(35)26(18-21-9-5-4-6-10-21)32(19-22-11-7-8-12-25(22)29)27(34)20-33(38(2,36)37)24-15-13-23(30)14-16-24/h4-16,26H,3,17-20H2,1-2H3,(H,31,35)/t26-/m1/s1. The minimum absolute atomic E-state index is 0.180. The molecule has 0 bridgehead atoms. The van der Waals surface area contributed by atoms with Crippen LogP contribution in [-0.2, 0) is 32.6 Å². The van der Waals surface area contributed by atoms with E-state index in [1.165, 1.54) is 11.0 Å². The Bertz CT molecular complexity index is 1340. The molecule has 0 aromatic heterocycles. The second kappa shape index (κ2) is 13.7. The average Bonchev–Trinajstić information content (AvgIpc) is 2.89. The number of anilines is 1. The van der Waals surface area contributed by atoms with Crippen molar-refractivity contribution in [3.8, 4) is 0 Å². The van der Waals surface area contributed by atoms with Gasteiger partial charge in [0.25, 0.3) is 0 Å². The Hall–Kier alpha value is -2.99. The third-order valence-electron chi connectivity index (χ3n) is 5.91. The molecule has 38 heavy (non-hydrogen) atoms. The van der Waals surface area contributed by atoms with Crippen LogP contribution in [0.5, 0.6) is 0 Å². The number of nitrogens with zero attached hydrogens (tertiary/aromatic N) is 2. The lowest BCUT2D eigenvalue weighted by molar-refractivity contribution is -0.140. The second-order valence-corrected chi connectivity index (χ2v) is 12.0. The molecule has 0 spiro atoms. The van der Waals surface area contributed by atoms with Gasteiger partial charge in [0.15, 0.2) is 0 Å². The lowest BCUT2D eigenvalue weighted by Crippen LogP contribution is -2.53. The summed E-state index contributed by atoms with van der Waals surface area (Å²) in [5.41, 5.74) is 1.36. The van der Waals surface area contributed by atoms with E-state index < -0.39 is 34.3 Å². The van der Waals surface area contributed by atoms with Gasteiger partial charge in [-0.15, -0.1) is 0 Å². The van der Waals surface area contributed by atoms with E-state index in [9.17, 15) is 22.4 Å². The van der Waals surface area contributed by atoms with Gasteiger partial charge in [-0.05, 0) is 64.9 Å². The van der Waals surface area contributed by atoms with Crippen LogP contribution in [0.1, 0.15) is 24.5 Å². The Morgan fingerprint density at radius 2 is 1.61 bits per heavy atom. The third-order valence-corrected chi connectivity index (χ3v) is 7.77. The Kier molecular flexibility index (Phi) is 10.7. The number of amides is 2. The molecule has 3 aromatic rings. The van der Waals surface area contributed by atoms with Crippen molar-refractivity contribution in [1.82, 2.24) is 10.2 Å². The fourth-order valence-electron chi connectivity index (χ4n) is 3.95. The predicted octanol–water partition coefficient (Wildman–Crippen LogP) is 4.36. The molecule has 202 valence electrons. The van der Waals surface area contributed by atoms with E-state index in [4.69, 9.17) is 0 Å². The largest absolute Gasteiger partial charge is 0.354 e. The summed E-state index contributed by atoms with van der Waals surface area (Å²) in [7, 11) is -3.85. The zero-order chi connectivity index (χ0) is 27.7. The molecule has 0 unspecified atom stereocenters. The number of rotatable bonds is 12. The van der Waals surface area contributed by atoms with Gasteiger partial charge >= 0.3 is 0 Å². The zero-order valence-corrected chi connectivity index (χ0v) is 24.3. The van der Waals surface area contributed by atoms with Crippen LogP contribution < -0.4 is 9.62 Å². The van der Waals surface area contributed by atoms with Crippen LogP contribution in [0.4, 0.5) is 10.1 Å². The molecule has 0 radical (unpaired) electrons. The molecule has 0 heterocycles. The number of carbonyl (C=O) groups excluding carboxylic acids is 2. The highest BCUT2D eigenvalue weighted by Gasteiger charge is 2.33. The zero-order valence-electron chi connectivity index (χ0n) is 21.3. The van der Waals surface area contributed by atoms with Crippen LogP contribution in [0.3, 0.4) is 0 Å². The molecule has 0 saturated heterocycles. The maximum Gasteiger partial charge on any atom is 0.244 e. The SMILES string of the molecule is CCCNC(=O)[C@@H](Cc1ccccc1)N(Cc1ccccc1F)C(=O)CN(c1ccc(I)cc1)S(C)(=O)=O. The van der Waals surface area contributed by atoms with Crippen LogP contribution in [0.2, 0.25) is 0 Å². The van der Waals surface area contributed by atoms with Gasteiger partial charge in [0.1, 0.15) is 18.4 Å². The summed E-state index contributed by atoms with van der Waals surface area (Å²) in [4.78, 5) is 28.5. The van der Waals surface area contributed by atoms with Gasteiger partial charge in [0.2, 0.25) is 21.8 Å². The van der Waals surface area contributed by atoms with Crippen LogP contribution in [-0.4, -0.2) is 50.5 Å². The Morgan fingerprint density at radius 1 is 0.974 bits per heavy atom. The fourth-order valence-corrected chi connectivity index (χ4v) is 5.16. The quantitative estimate of drug-likeness (QED) is 0.295. The maximum atomic E-state index is 14.7. The first kappa shape index (κ1) is 29.6.